The molecular formula is C17H24. The fourth-order valence-corrected chi connectivity index (χ4v) is 4.36. The molecule has 0 heterocycles. The van der Waals surface area contributed by atoms with E-state index in [0.717, 1.165) is 5.92 Å². The minimum atomic E-state index is 0.557. The van der Waals surface area contributed by atoms with Crippen LogP contribution in [0.15, 0.2) is 30.3 Å². The topological polar surface area (TPSA) is 0 Å². The van der Waals surface area contributed by atoms with E-state index >= 15 is 0 Å². The standard InChI is InChI=1S/C17H24/c1-3-9-15(10-4-1)17(13-7-8-14-17)16-11-5-2-6-12-16/h1,3-4,9-10,16H,2,5-8,11-14H2. The number of benzene rings is 1. The summed E-state index contributed by atoms with van der Waals surface area (Å²) in [5.41, 5.74) is 2.20. The van der Waals surface area contributed by atoms with Crippen LogP contribution in [0.4, 0.5) is 0 Å². The quantitative estimate of drug-likeness (QED) is 0.662. The Morgan fingerprint density at radius 3 is 2.06 bits per heavy atom. The first kappa shape index (κ1) is 11.3. The third kappa shape index (κ3) is 2.03. The summed E-state index contributed by atoms with van der Waals surface area (Å²) < 4.78 is 0. The SMILES string of the molecule is c1ccc(C2(C3CCCCC3)CCCC2)cc1. The second-order valence-electron chi connectivity index (χ2n) is 6.06. The van der Waals surface area contributed by atoms with Gasteiger partial charge in [-0.05, 0) is 42.6 Å². The van der Waals surface area contributed by atoms with Gasteiger partial charge in [-0.25, -0.2) is 0 Å². The van der Waals surface area contributed by atoms with Gasteiger partial charge in [-0.15, -0.1) is 0 Å². The van der Waals surface area contributed by atoms with Crippen molar-refractivity contribution in [2.75, 3.05) is 0 Å². The molecule has 92 valence electrons. The Balaban J connectivity index is 1.92. The largest absolute Gasteiger partial charge is 0.0622 e. The highest BCUT2D eigenvalue weighted by Crippen LogP contribution is 2.51. The zero-order chi connectivity index (χ0) is 11.6. The molecule has 0 amide bonds. The predicted molar refractivity (Wildman–Crippen MR) is 73.2 cm³/mol. The molecule has 0 unspecified atom stereocenters. The van der Waals surface area contributed by atoms with Crippen LogP contribution < -0.4 is 0 Å². The summed E-state index contributed by atoms with van der Waals surface area (Å²) in [5.74, 6) is 0.973. The van der Waals surface area contributed by atoms with Crippen molar-refractivity contribution >= 4 is 0 Å². The van der Waals surface area contributed by atoms with E-state index < -0.39 is 0 Å². The smallest absolute Gasteiger partial charge is 0.00188 e. The van der Waals surface area contributed by atoms with Crippen LogP contribution in [0.5, 0.6) is 0 Å². The normalized spacial score (nSPS) is 24.9. The monoisotopic (exact) mass is 228 g/mol. The maximum absolute atomic E-state index is 2.39. The molecule has 1 aromatic rings. The van der Waals surface area contributed by atoms with Crippen molar-refractivity contribution in [2.45, 2.75) is 63.2 Å². The summed E-state index contributed by atoms with van der Waals surface area (Å²) in [5, 5.41) is 0. The van der Waals surface area contributed by atoms with Crippen LogP contribution in [0.1, 0.15) is 63.4 Å². The fourth-order valence-electron chi connectivity index (χ4n) is 4.36. The molecule has 0 N–H and O–H groups in total. The Morgan fingerprint density at radius 2 is 1.41 bits per heavy atom. The van der Waals surface area contributed by atoms with Gasteiger partial charge in [0.2, 0.25) is 0 Å². The van der Waals surface area contributed by atoms with E-state index in [9.17, 15) is 0 Å². The Bertz CT molecular complexity index is 340. The maximum atomic E-state index is 2.39. The number of hydrogen-bond acceptors (Lipinski definition) is 0. The van der Waals surface area contributed by atoms with Crippen molar-refractivity contribution in [1.29, 1.82) is 0 Å². The summed E-state index contributed by atoms with van der Waals surface area (Å²) in [4.78, 5) is 0. The van der Waals surface area contributed by atoms with Gasteiger partial charge >= 0.3 is 0 Å². The zero-order valence-electron chi connectivity index (χ0n) is 10.8. The summed E-state index contributed by atoms with van der Waals surface area (Å²) in [7, 11) is 0. The first-order valence-electron chi connectivity index (χ1n) is 7.47. The number of hydrogen-bond donors (Lipinski definition) is 0. The van der Waals surface area contributed by atoms with Gasteiger partial charge in [0, 0.05) is 0 Å². The van der Waals surface area contributed by atoms with Gasteiger partial charge < -0.3 is 0 Å². The molecule has 2 saturated carbocycles. The van der Waals surface area contributed by atoms with Gasteiger partial charge in [-0.3, -0.25) is 0 Å². The van der Waals surface area contributed by atoms with Crippen LogP contribution in [-0.2, 0) is 5.41 Å². The summed E-state index contributed by atoms with van der Waals surface area (Å²) in [6.07, 6.45) is 13.2. The average Bonchev–Trinajstić information content (AvgIpc) is 2.91. The van der Waals surface area contributed by atoms with Crippen molar-refractivity contribution < 1.29 is 0 Å². The van der Waals surface area contributed by atoms with Crippen LogP contribution >= 0.6 is 0 Å². The third-order valence-electron chi connectivity index (χ3n) is 5.23. The van der Waals surface area contributed by atoms with Crippen molar-refractivity contribution in [1.82, 2.24) is 0 Å². The summed E-state index contributed by atoms with van der Waals surface area (Å²) in [6, 6.07) is 11.4. The van der Waals surface area contributed by atoms with Crippen molar-refractivity contribution in [3.8, 4) is 0 Å². The van der Waals surface area contributed by atoms with Crippen molar-refractivity contribution in [3.63, 3.8) is 0 Å². The lowest BCUT2D eigenvalue weighted by Gasteiger charge is -2.40. The van der Waals surface area contributed by atoms with Gasteiger partial charge in [0.05, 0.1) is 0 Å². The highest BCUT2D eigenvalue weighted by molar-refractivity contribution is 5.28. The van der Waals surface area contributed by atoms with Crippen LogP contribution in [-0.4, -0.2) is 0 Å². The molecule has 0 nitrogen and oxygen atoms in total. The van der Waals surface area contributed by atoms with E-state index in [4.69, 9.17) is 0 Å². The van der Waals surface area contributed by atoms with Crippen molar-refractivity contribution in [3.05, 3.63) is 35.9 Å². The van der Waals surface area contributed by atoms with Crippen LogP contribution in [0, 0.1) is 5.92 Å². The highest BCUT2D eigenvalue weighted by Gasteiger charge is 2.42. The lowest BCUT2D eigenvalue weighted by molar-refractivity contribution is 0.204. The second kappa shape index (κ2) is 4.84. The molecule has 0 spiro atoms. The van der Waals surface area contributed by atoms with Crippen molar-refractivity contribution in [2.24, 2.45) is 5.92 Å². The fraction of sp³-hybridized carbons (Fsp3) is 0.647. The Labute approximate surface area is 105 Å². The number of rotatable bonds is 2. The molecular weight excluding hydrogens is 204 g/mol. The van der Waals surface area contributed by atoms with Gasteiger partial charge in [-0.2, -0.15) is 0 Å². The molecule has 3 rings (SSSR count). The predicted octanol–water partition coefficient (Wildman–Crippen LogP) is 5.08. The molecule has 2 fully saturated rings. The molecule has 0 atom stereocenters. The molecule has 0 aromatic heterocycles. The molecule has 0 aliphatic heterocycles. The summed E-state index contributed by atoms with van der Waals surface area (Å²) >= 11 is 0. The molecule has 0 bridgehead atoms. The first-order valence-corrected chi connectivity index (χ1v) is 7.47. The van der Waals surface area contributed by atoms with Crippen LogP contribution in [0.2, 0.25) is 0 Å². The Hall–Kier alpha value is -0.780. The molecule has 17 heavy (non-hydrogen) atoms. The molecule has 0 saturated heterocycles. The molecule has 0 heteroatoms. The summed E-state index contributed by atoms with van der Waals surface area (Å²) in [6.45, 7) is 0. The van der Waals surface area contributed by atoms with Gasteiger partial charge in [-0.1, -0.05) is 62.4 Å². The van der Waals surface area contributed by atoms with Gasteiger partial charge in [0.15, 0.2) is 0 Å². The zero-order valence-corrected chi connectivity index (χ0v) is 10.8. The molecule has 2 aliphatic rings. The maximum Gasteiger partial charge on any atom is -0.00188 e. The minimum Gasteiger partial charge on any atom is -0.0622 e. The van der Waals surface area contributed by atoms with E-state index in [-0.39, 0.29) is 0 Å². The van der Waals surface area contributed by atoms with E-state index in [0.29, 0.717) is 5.41 Å². The van der Waals surface area contributed by atoms with E-state index in [1.807, 2.05) is 0 Å². The Kier molecular flexibility index (Phi) is 3.22. The molecule has 1 aromatic carbocycles. The Morgan fingerprint density at radius 1 is 0.765 bits per heavy atom. The van der Waals surface area contributed by atoms with E-state index in [2.05, 4.69) is 30.3 Å². The minimum absolute atomic E-state index is 0.557. The molecule has 2 aliphatic carbocycles. The third-order valence-corrected chi connectivity index (χ3v) is 5.23. The lowest BCUT2D eigenvalue weighted by atomic mass is 9.64. The average molecular weight is 228 g/mol. The van der Waals surface area contributed by atoms with Gasteiger partial charge in [0.25, 0.3) is 0 Å². The molecule has 0 radical (unpaired) electrons. The van der Waals surface area contributed by atoms with Crippen LogP contribution in [0.3, 0.4) is 0 Å². The second-order valence-corrected chi connectivity index (χ2v) is 6.06. The van der Waals surface area contributed by atoms with E-state index in [1.165, 1.54) is 57.8 Å². The van der Waals surface area contributed by atoms with Crippen LogP contribution in [0.25, 0.3) is 0 Å². The lowest BCUT2D eigenvalue weighted by Crippen LogP contribution is -2.33. The van der Waals surface area contributed by atoms with E-state index in [1.54, 1.807) is 5.56 Å². The van der Waals surface area contributed by atoms with Gasteiger partial charge in [0.1, 0.15) is 0 Å². The highest BCUT2D eigenvalue weighted by atomic mass is 14.5. The first-order chi connectivity index (χ1) is 8.42.